The molecule has 56 heteroatoms. The van der Waals surface area contributed by atoms with Crippen molar-refractivity contribution < 1.29 is 166 Å². The van der Waals surface area contributed by atoms with Crippen LogP contribution >= 0.6 is 66.7 Å². The van der Waals surface area contributed by atoms with Gasteiger partial charge in [-0.15, -0.1) is 0 Å². The van der Waals surface area contributed by atoms with Crippen LogP contribution < -0.4 is 68.5 Å². The van der Waals surface area contributed by atoms with Gasteiger partial charge in [-0.25, -0.2) is 14.2 Å². The minimum Gasteiger partial charge on any atom is -0.478 e. The Balaban J connectivity index is 0.000000486. The predicted molar refractivity (Wildman–Crippen MR) is 504 cm³/mol. The van der Waals surface area contributed by atoms with Gasteiger partial charge in [0.05, 0.1) is 51.5 Å². The van der Waals surface area contributed by atoms with Gasteiger partial charge in [0.15, 0.2) is 5.43 Å². The number of carbonyl (C=O) groups is 5. The number of aromatic nitrogens is 4. The molecule has 2 saturated heterocycles. The van der Waals surface area contributed by atoms with E-state index in [1.54, 1.807) is 24.3 Å². The summed E-state index contributed by atoms with van der Waals surface area (Å²) < 4.78 is 135. The van der Waals surface area contributed by atoms with E-state index in [4.69, 9.17) is 75.8 Å². The minimum absolute atomic E-state index is 0. The molecule has 0 bridgehead atoms. The van der Waals surface area contributed by atoms with Crippen LogP contribution in [0.15, 0.2) is 160 Å². The fourth-order valence-corrected chi connectivity index (χ4v) is 24.4. The van der Waals surface area contributed by atoms with Gasteiger partial charge < -0.3 is 54.5 Å². The Labute approximate surface area is 813 Å². The SMILES string of the molecule is CCCOCC#CCc1cn([C@H]2CC[C@@H](COP(OO)(OOO)([P+](=O)[O-])[P+](=O)[O-])O2)c(=O)[nH]c1=O.CN(C)c1ccc2c(-c3c(Cl)c(C(=O)NCc4ccc(C(=O)NCc5c(O)ccc6c(-c7cc(C(=O)NCCOCC#CCc8cn([C@H]9CC[C@@H](COP(OO)(OOO)(P(=O)=O)P(=O)=O)O9)c(=O)[nH]c8=O)ccc7C(=O)O)c7ccc(=O)cc-7oc56)cc4)cc(Cl)c3C(=O)O)c3ccc(=[N+](C)C)cc-3oc2c1.[HH].[HH]. The largest absolute Gasteiger partial charge is 0.478 e. The number of benzene rings is 7. The molecular formula is C86H88Cl2N9O39P6+. The summed E-state index contributed by atoms with van der Waals surface area (Å²) in [5.74, 6) is 6.20. The van der Waals surface area contributed by atoms with Crippen molar-refractivity contribution >= 4 is 124 Å². The number of fused-ring (bicyclic) bond motifs is 4. The van der Waals surface area contributed by atoms with Crippen molar-refractivity contribution in [2.75, 3.05) is 79.3 Å². The zero-order valence-corrected chi connectivity index (χ0v) is 81.5. The first-order chi connectivity index (χ1) is 67.7. The summed E-state index contributed by atoms with van der Waals surface area (Å²) >= 11 is 13.9. The van der Waals surface area contributed by atoms with E-state index in [1.165, 1.54) is 66.9 Å². The van der Waals surface area contributed by atoms with Crippen molar-refractivity contribution in [1.29, 1.82) is 0 Å². The standard InChI is InChI=1S/C70H60Cl2N7O25P3.C16H23N2O14P3.2H2/c1-77(2)40-13-18-46-54(28-40)100-55-29-41(78(3)4)14-19-47(55)59(46)61-60(69(88)89)52(71)31-50(62(61)72)67(85)74-32-36-8-10-37(11-9-36)64(82)75-33-51-53(81)22-21-48-58(45-20-15-42(80)30-56(45)101-63(48)51)49-27-38(12-17-44(49)68(86)87)65(83)73-24-26-97-25-6-5-7-39-34-79(70(90)76-66(39)84)57-23-16-43(99-57)35-98-107(103-92,104-102-91,105(93)94)106(95)96;1-2-8-27-9-4-3-5-12-10-18(16(20)17-15(12)19)14-7-6-13(29-14)11-28-35(31-22,32-30-21,33(23)24)34(25)26;;/h8-15,17-22,27-31,34,43,57H,7,16,23-26,32-33,35H2,1-4H3,(H8-,73,74,75,76,80,81,82,83,84,85,86,87,88,89,90,91,92);10,13-14,21-22H,2,5-9,11H2,1H3,(H,17,19,20);2*1H/p+1/t43-,57+;13-,14+;;/m00../s1. The number of aromatic hydroxyl groups is 1. The monoisotopic (exact) mass is 2130 g/mol. The van der Waals surface area contributed by atoms with Gasteiger partial charge in [-0.2, -0.15) is 0 Å². The first-order valence-corrected chi connectivity index (χ1v) is 54.1. The van der Waals surface area contributed by atoms with Gasteiger partial charge in [-0.1, -0.05) is 42.3 Å². The third-order valence-electron chi connectivity index (χ3n) is 22.0. The molecule has 48 nitrogen and oxygen atoms in total. The molecule has 2 aliphatic carbocycles. The molecule has 0 radical (unpaired) electrons. The molecule has 12 N–H and O–H groups in total. The average molecular weight is 2130 g/mol. The van der Waals surface area contributed by atoms with Crippen LogP contribution in [0.3, 0.4) is 0 Å². The predicted octanol–water partition coefficient (Wildman–Crippen LogP) is 11.3. The van der Waals surface area contributed by atoms with Gasteiger partial charge in [-0.05, 0) is 96.4 Å². The number of anilines is 1. The van der Waals surface area contributed by atoms with Crippen LogP contribution in [0.2, 0.25) is 10.0 Å². The van der Waals surface area contributed by atoms with Gasteiger partial charge >= 0.3 is 359 Å². The quantitative estimate of drug-likeness (QED) is 0.00324. The summed E-state index contributed by atoms with van der Waals surface area (Å²) in [5, 5.41) is 83.9. The van der Waals surface area contributed by atoms with Crippen molar-refractivity contribution in [3.8, 4) is 74.3 Å². The maximum absolute atomic E-state index is 14.2. The number of aromatic carboxylic acids is 2. The maximum atomic E-state index is 14.2. The molecule has 0 saturated carbocycles. The minimum atomic E-state index is -6.59. The first-order valence-electron chi connectivity index (χ1n) is 41.9. The van der Waals surface area contributed by atoms with Gasteiger partial charge in [0.2, 0.25) is 5.36 Å². The van der Waals surface area contributed by atoms with Crippen LogP contribution in [0.25, 0.3) is 66.8 Å². The molecule has 5 aromatic carbocycles. The molecule has 4 aliphatic heterocycles. The second-order valence-corrected chi connectivity index (χ2v) is 52.5. The maximum Gasteiger partial charge on any atom is 0.337 e. The van der Waals surface area contributed by atoms with E-state index in [-0.39, 0.29) is 180 Å². The number of halogens is 2. The number of carbonyl (C=O) groups excluding carboxylic acids is 3. The van der Waals surface area contributed by atoms with Crippen LogP contribution in [0, 0.1) is 23.7 Å². The van der Waals surface area contributed by atoms with Crippen LogP contribution in [-0.2, 0) is 110 Å². The molecule has 0 spiro atoms. The number of H-pyrrole nitrogens is 2. The van der Waals surface area contributed by atoms with E-state index < -0.39 is 139 Å². The van der Waals surface area contributed by atoms with E-state index >= 15 is 0 Å². The molecular weight excluding hydrogens is 2040 g/mol. The summed E-state index contributed by atoms with van der Waals surface area (Å²) in [7, 11) is -10.1. The van der Waals surface area contributed by atoms with Crippen LogP contribution in [0.1, 0.15) is 128 Å². The molecule has 6 heterocycles. The number of hydrogen-bond acceptors (Lipinski definition) is 38. The van der Waals surface area contributed by atoms with Crippen molar-refractivity contribution in [3.63, 3.8) is 0 Å². The van der Waals surface area contributed by atoms with E-state index in [0.29, 0.717) is 40.0 Å². The van der Waals surface area contributed by atoms with Crippen LogP contribution in [0.5, 0.6) is 5.75 Å². The molecule has 6 atom stereocenters. The van der Waals surface area contributed by atoms with Gasteiger partial charge in [0, 0.05) is 110 Å². The average Bonchev–Trinajstić information content (AvgIpc) is 1.41. The Morgan fingerprint density at radius 2 is 1.18 bits per heavy atom. The number of amides is 3. The summed E-state index contributed by atoms with van der Waals surface area (Å²) in [6.45, 7) is -12.9. The molecule has 6 aliphatic rings. The molecule has 3 amide bonds. The third kappa shape index (κ3) is 23.1. The van der Waals surface area contributed by atoms with Crippen molar-refractivity contribution in [3.05, 3.63) is 245 Å². The molecule has 142 heavy (non-hydrogen) atoms. The zero-order valence-electron chi connectivity index (χ0n) is 74.7. The van der Waals surface area contributed by atoms with Crippen molar-refractivity contribution in [2.45, 2.75) is 89.6 Å². The Morgan fingerprint density at radius 3 is 1.75 bits per heavy atom. The molecule has 2 fully saturated rings. The number of rotatable bonds is 39. The number of phenols is 1. The zero-order chi connectivity index (χ0) is 103. The number of phenolic OH excluding ortho intramolecular Hbond substituents is 1. The summed E-state index contributed by atoms with van der Waals surface area (Å²) in [6.07, 6.45) is -0.785. The Morgan fingerprint density at radius 1 is 0.613 bits per heavy atom. The molecule has 2 aromatic heterocycles. The van der Waals surface area contributed by atoms with Crippen LogP contribution in [0.4, 0.5) is 5.69 Å². The molecule has 13 rings (SSSR count). The number of carboxylic acid groups (broad SMARTS) is 2. The number of nitrogens with one attached hydrogen (secondary N) is 5. The summed E-state index contributed by atoms with van der Waals surface area (Å²) in [5.41, 5.74) is -1.01. The Hall–Kier alpha value is -12.4. The smallest absolute Gasteiger partial charge is 0.337 e. The number of carboxylic acids is 2. The Kier molecular flexibility index (Phi) is 35.7. The second kappa shape index (κ2) is 46.8. The third-order valence-corrected chi connectivity index (χ3v) is 42.2. The number of nitrogens with zero attached hydrogens (tertiary/aromatic N) is 4. The van der Waals surface area contributed by atoms with Crippen molar-refractivity contribution in [2.24, 2.45) is 0 Å². The van der Waals surface area contributed by atoms with Gasteiger partial charge in [0.1, 0.15) is 42.5 Å². The molecule has 2 unspecified atom stereocenters. The number of ether oxygens (including phenoxy) is 4. The van der Waals surface area contributed by atoms with E-state index in [0.717, 1.165) is 38.9 Å². The summed E-state index contributed by atoms with van der Waals surface area (Å²) in [6, 6.07) is 28.6. The van der Waals surface area contributed by atoms with E-state index in [9.17, 15) is 106 Å². The fraction of sp³-hybridized carbons (Fsp3) is 0.291. The second-order valence-electron chi connectivity index (χ2n) is 31.4. The number of hydrogen-bond donors (Lipinski definition) is 12. The first kappa shape index (κ1) is 108. The molecule has 7 aromatic rings. The fourth-order valence-electron chi connectivity index (χ4n) is 14.9. The normalized spacial score (nSPS) is 15.4. The van der Waals surface area contributed by atoms with Crippen molar-refractivity contribution in [1.82, 2.24) is 39.6 Å². The number of aromatic amines is 2. The van der Waals surface area contributed by atoms with Crippen LogP contribution in [-0.4, -0.2) is 172 Å². The summed E-state index contributed by atoms with van der Waals surface area (Å²) in [4.78, 5) is 160. The van der Waals surface area contributed by atoms with E-state index in [2.05, 4.69) is 78.4 Å². The van der Waals surface area contributed by atoms with E-state index in [1.807, 2.05) is 68.9 Å². The van der Waals surface area contributed by atoms with Gasteiger partial charge in [-0.3, -0.25) is 19.2 Å². The Bertz CT molecular complexity index is 7410. The van der Waals surface area contributed by atoms with Gasteiger partial charge in [0.25, 0.3) is 17.7 Å². The molecule has 754 valence electrons. The topological polar surface area (TPSA) is 682 Å².